The van der Waals surface area contributed by atoms with Crippen molar-refractivity contribution in [2.24, 2.45) is 0 Å². The Bertz CT molecular complexity index is 619. The highest BCUT2D eigenvalue weighted by atomic mass is 16.3. The molecule has 1 unspecified atom stereocenters. The number of fused-ring (bicyclic) bond motifs is 1. The topological polar surface area (TPSA) is 64.6 Å². The zero-order valence-electron chi connectivity index (χ0n) is 16.1. The summed E-state index contributed by atoms with van der Waals surface area (Å²) in [6, 6.07) is 6.07. The SMILES string of the molecule is CCC[C@@H](CN1CCCCC1C)NC(=O)[C@H]1Cc2ccc(O)cc2CN1. The fourth-order valence-electron chi connectivity index (χ4n) is 4.26. The Morgan fingerprint density at radius 2 is 2.23 bits per heavy atom. The molecule has 0 aromatic heterocycles. The normalized spacial score (nSPS) is 24.7. The predicted octanol–water partition coefficient (Wildman–Crippen LogP) is 2.57. The Morgan fingerprint density at radius 3 is 3.00 bits per heavy atom. The Hall–Kier alpha value is -1.59. The van der Waals surface area contributed by atoms with Gasteiger partial charge in [0, 0.05) is 25.2 Å². The van der Waals surface area contributed by atoms with Crippen molar-refractivity contribution in [3.8, 4) is 5.75 Å². The van der Waals surface area contributed by atoms with Crippen molar-refractivity contribution in [3.05, 3.63) is 29.3 Å². The summed E-state index contributed by atoms with van der Waals surface area (Å²) >= 11 is 0. The van der Waals surface area contributed by atoms with Gasteiger partial charge in [0.25, 0.3) is 0 Å². The number of benzene rings is 1. The molecule has 3 N–H and O–H groups in total. The molecule has 1 fully saturated rings. The fraction of sp³-hybridized carbons (Fsp3) is 0.667. The van der Waals surface area contributed by atoms with Gasteiger partial charge in [0.15, 0.2) is 0 Å². The molecule has 5 heteroatoms. The van der Waals surface area contributed by atoms with E-state index in [-0.39, 0.29) is 23.7 Å². The lowest BCUT2D eigenvalue weighted by molar-refractivity contribution is -0.124. The number of hydrogen-bond donors (Lipinski definition) is 3. The van der Waals surface area contributed by atoms with Crippen molar-refractivity contribution in [3.63, 3.8) is 0 Å². The summed E-state index contributed by atoms with van der Waals surface area (Å²) in [5.41, 5.74) is 2.24. The van der Waals surface area contributed by atoms with E-state index >= 15 is 0 Å². The smallest absolute Gasteiger partial charge is 0.237 e. The van der Waals surface area contributed by atoms with E-state index < -0.39 is 0 Å². The van der Waals surface area contributed by atoms with E-state index in [1.54, 1.807) is 12.1 Å². The van der Waals surface area contributed by atoms with Crippen molar-refractivity contribution < 1.29 is 9.90 Å². The van der Waals surface area contributed by atoms with Crippen LogP contribution >= 0.6 is 0 Å². The average Bonchev–Trinajstić information content (AvgIpc) is 2.63. The molecule has 3 rings (SSSR count). The number of carbonyl (C=O) groups is 1. The van der Waals surface area contributed by atoms with Gasteiger partial charge in [-0.3, -0.25) is 9.69 Å². The molecule has 1 saturated heterocycles. The van der Waals surface area contributed by atoms with Crippen molar-refractivity contribution in [2.45, 2.75) is 77.0 Å². The van der Waals surface area contributed by atoms with Crippen LogP contribution in [-0.2, 0) is 17.8 Å². The number of likely N-dealkylation sites (tertiary alicyclic amines) is 1. The van der Waals surface area contributed by atoms with Gasteiger partial charge in [0.2, 0.25) is 5.91 Å². The zero-order valence-corrected chi connectivity index (χ0v) is 16.1. The number of piperidine rings is 1. The molecular formula is C21H33N3O2. The number of aromatic hydroxyl groups is 1. The van der Waals surface area contributed by atoms with Crippen molar-refractivity contribution in [2.75, 3.05) is 13.1 Å². The van der Waals surface area contributed by atoms with Crippen LogP contribution in [0.15, 0.2) is 18.2 Å². The van der Waals surface area contributed by atoms with Gasteiger partial charge >= 0.3 is 0 Å². The minimum absolute atomic E-state index is 0.104. The molecule has 0 bridgehead atoms. The second-order valence-electron chi connectivity index (χ2n) is 7.92. The number of hydrogen-bond acceptors (Lipinski definition) is 4. The maximum absolute atomic E-state index is 12.8. The summed E-state index contributed by atoms with van der Waals surface area (Å²) in [5.74, 6) is 0.388. The van der Waals surface area contributed by atoms with Crippen LogP contribution in [0.5, 0.6) is 5.75 Å². The van der Waals surface area contributed by atoms with E-state index in [1.165, 1.54) is 19.3 Å². The zero-order chi connectivity index (χ0) is 18.5. The lowest BCUT2D eigenvalue weighted by atomic mass is 9.95. The number of amides is 1. The highest BCUT2D eigenvalue weighted by Gasteiger charge is 2.27. The first-order valence-corrected chi connectivity index (χ1v) is 10.2. The Morgan fingerprint density at radius 1 is 1.38 bits per heavy atom. The van der Waals surface area contributed by atoms with Gasteiger partial charge in [-0.2, -0.15) is 0 Å². The van der Waals surface area contributed by atoms with Gasteiger partial charge in [0.1, 0.15) is 5.75 Å². The monoisotopic (exact) mass is 359 g/mol. The highest BCUT2D eigenvalue weighted by Crippen LogP contribution is 2.22. The largest absolute Gasteiger partial charge is 0.508 e. The summed E-state index contributed by atoms with van der Waals surface area (Å²) in [6.07, 6.45) is 6.63. The Balaban J connectivity index is 1.58. The van der Waals surface area contributed by atoms with Gasteiger partial charge in [-0.1, -0.05) is 25.8 Å². The quantitative estimate of drug-likeness (QED) is 0.730. The molecule has 2 heterocycles. The van der Waals surface area contributed by atoms with E-state index in [0.717, 1.165) is 37.1 Å². The molecule has 1 aromatic rings. The summed E-state index contributed by atoms with van der Waals surface area (Å²) in [4.78, 5) is 15.4. The minimum Gasteiger partial charge on any atom is -0.508 e. The lowest BCUT2D eigenvalue weighted by Crippen LogP contribution is -2.54. The van der Waals surface area contributed by atoms with Crippen LogP contribution in [0.25, 0.3) is 0 Å². The van der Waals surface area contributed by atoms with Crippen LogP contribution < -0.4 is 10.6 Å². The number of carbonyl (C=O) groups excluding carboxylic acids is 1. The summed E-state index contributed by atoms with van der Waals surface area (Å²) in [5, 5.41) is 16.2. The van der Waals surface area contributed by atoms with Gasteiger partial charge in [0.05, 0.1) is 6.04 Å². The number of nitrogens with zero attached hydrogens (tertiary/aromatic N) is 1. The minimum atomic E-state index is -0.190. The predicted molar refractivity (Wildman–Crippen MR) is 104 cm³/mol. The molecule has 1 aromatic carbocycles. The van der Waals surface area contributed by atoms with E-state index in [1.807, 2.05) is 6.07 Å². The van der Waals surface area contributed by atoms with Crippen molar-refractivity contribution >= 4 is 5.91 Å². The first-order valence-electron chi connectivity index (χ1n) is 10.2. The van der Waals surface area contributed by atoms with Gasteiger partial charge in [-0.25, -0.2) is 0 Å². The molecule has 144 valence electrons. The van der Waals surface area contributed by atoms with Crippen molar-refractivity contribution in [1.82, 2.24) is 15.5 Å². The summed E-state index contributed by atoms with van der Waals surface area (Å²) < 4.78 is 0. The van der Waals surface area contributed by atoms with Gasteiger partial charge in [-0.05, 0) is 62.4 Å². The summed E-state index contributed by atoms with van der Waals surface area (Å²) in [6.45, 7) is 7.22. The molecule has 1 amide bonds. The summed E-state index contributed by atoms with van der Waals surface area (Å²) in [7, 11) is 0. The maximum Gasteiger partial charge on any atom is 0.237 e. The standard InChI is InChI=1S/C21H33N3O2/c1-3-6-18(14-24-10-5-4-7-15(24)2)23-21(26)20-12-16-8-9-19(25)11-17(16)13-22-20/h8-9,11,15,18,20,22,25H,3-7,10,12-14H2,1-2H3,(H,23,26)/t15?,18-,20+/m0/s1. The highest BCUT2D eigenvalue weighted by molar-refractivity contribution is 5.82. The number of nitrogens with one attached hydrogen (secondary N) is 2. The fourth-order valence-corrected chi connectivity index (χ4v) is 4.26. The first kappa shape index (κ1) is 19.2. The van der Waals surface area contributed by atoms with Gasteiger partial charge in [-0.15, -0.1) is 0 Å². The molecule has 5 nitrogen and oxygen atoms in total. The van der Waals surface area contributed by atoms with Gasteiger partial charge < -0.3 is 15.7 Å². The third-order valence-corrected chi connectivity index (χ3v) is 5.85. The maximum atomic E-state index is 12.8. The first-order chi connectivity index (χ1) is 12.6. The second kappa shape index (κ2) is 8.87. The van der Waals surface area contributed by atoms with Crippen LogP contribution in [0.3, 0.4) is 0 Å². The molecule has 3 atom stereocenters. The molecule has 0 saturated carbocycles. The Kier molecular flexibility index (Phi) is 6.54. The molecule has 2 aliphatic heterocycles. The number of phenolic OH excluding ortho intramolecular Hbond substituents is 1. The van der Waals surface area contributed by atoms with Crippen molar-refractivity contribution in [1.29, 1.82) is 0 Å². The third kappa shape index (κ3) is 4.77. The van der Waals surface area contributed by atoms with Crippen LogP contribution in [0, 0.1) is 0 Å². The average molecular weight is 360 g/mol. The van der Waals surface area contributed by atoms with Crippen LogP contribution in [0.1, 0.15) is 57.1 Å². The Labute approximate surface area is 157 Å². The lowest BCUT2D eigenvalue weighted by Gasteiger charge is -2.36. The molecule has 2 aliphatic rings. The van der Waals surface area contributed by atoms with Crippen LogP contribution in [-0.4, -0.2) is 47.1 Å². The molecule has 0 radical (unpaired) electrons. The third-order valence-electron chi connectivity index (χ3n) is 5.85. The molecule has 0 spiro atoms. The van der Waals surface area contributed by atoms with Crippen LogP contribution in [0.2, 0.25) is 0 Å². The van der Waals surface area contributed by atoms with E-state index in [2.05, 4.69) is 29.4 Å². The number of rotatable bonds is 6. The molecule has 26 heavy (non-hydrogen) atoms. The molecular weight excluding hydrogens is 326 g/mol. The van der Waals surface area contributed by atoms with E-state index in [0.29, 0.717) is 19.0 Å². The second-order valence-corrected chi connectivity index (χ2v) is 7.92. The van der Waals surface area contributed by atoms with E-state index in [4.69, 9.17) is 0 Å². The molecule has 0 aliphatic carbocycles. The van der Waals surface area contributed by atoms with Crippen LogP contribution in [0.4, 0.5) is 0 Å². The number of phenols is 1. The van der Waals surface area contributed by atoms with E-state index in [9.17, 15) is 9.90 Å².